The number of ether oxygens (including phenoxy) is 1. The van der Waals surface area contributed by atoms with Crippen molar-refractivity contribution in [3.05, 3.63) is 46.0 Å². The molecule has 2 unspecified atom stereocenters. The maximum absolute atomic E-state index is 13.5. The molecule has 1 aliphatic rings. The lowest BCUT2D eigenvalue weighted by Gasteiger charge is -2.07. The fourth-order valence-corrected chi connectivity index (χ4v) is 3.11. The van der Waals surface area contributed by atoms with Crippen LogP contribution in [0.25, 0.3) is 0 Å². The zero-order valence-electron chi connectivity index (χ0n) is 11.5. The molecular weight excluding hydrogens is 321 g/mol. The Morgan fingerprint density at radius 1 is 1.33 bits per heavy atom. The van der Waals surface area contributed by atoms with E-state index >= 15 is 0 Å². The minimum absolute atomic E-state index is 0.227. The summed E-state index contributed by atoms with van der Waals surface area (Å²) in [6, 6.07) is 3.48. The maximum atomic E-state index is 13.5. The van der Waals surface area contributed by atoms with Crippen molar-refractivity contribution in [2.75, 3.05) is 0 Å². The van der Waals surface area contributed by atoms with Gasteiger partial charge in [-0.3, -0.25) is 4.79 Å². The van der Waals surface area contributed by atoms with E-state index in [0.29, 0.717) is 5.03 Å². The number of rotatable bonds is 4. The highest BCUT2D eigenvalue weighted by molar-refractivity contribution is 6.37. The molecule has 1 aliphatic carbocycles. The van der Waals surface area contributed by atoms with Crippen molar-refractivity contribution >= 4 is 29.2 Å². The third-order valence-corrected chi connectivity index (χ3v) is 4.59. The molecule has 1 saturated carbocycles. The molecule has 0 amide bonds. The van der Waals surface area contributed by atoms with Gasteiger partial charge in [-0.1, -0.05) is 43.1 Å². The first-order valence-electron chi connectivity index (χ1n) is 6.36. The summed E-state index contributed by atoms with van der Waals surface area (Å²) in [5.41, 5.74) is 0.574. The molecule has 114 valence electrons. The summed E-state index contributed by atoms with van der Waals surface area (Å²) in [5, 5.41) is 0.376. The molecule has 0 saturated heterocycles. The molecule has 2 nitrogen and oxygen atoms in total. The number of carbonyl (C=O) groups excluding carboxylic acids is 1. The predicted octanol–water partition coefficient (Wildman–Crippen LogP) is 4.60. The van der Waals surface area contributed by atoms with Crippen LogP contribution >= 0.6 is 23.2 Å². The van der Waals surface area contributed by atoms with Gasteiger partial charge in [-0.15, -0.1) is 0 Å². The van der Waals surface area contributed by atoms with Crippen molar-refractivity contribution in [3.63, 3.8) is 0 Å². The second kappa shape index (κ2) is 5.93. The van der Waals surface area contributed by atoms with Gasteiger partial charge in [0.25, 0.3) is 0 Å². The first-order chi connectivity index (χ1) is 9.80. The number of benzene rings is 1. The van der Waals surface area contributed by atoms with Crippen molar-refractivity contribution in [3.8, 4) is 0 Å². The van der Waals surface area contributed by atoms with Crippen LogP contribution in [0.1, 0.15) is 19.4 Å². The van der Waals surface area contributed by atoms with E-state index in [4.69, 9.17) is 27.9 Å². The molecule has 0 heterocycles. The van der Waals surface area contributed by atoms with Gasteiger partial charge >= 0.3 is 5.97 Å². The molecular formula is C15H14Cl2F2O2. The van der Waals surface area contributed by atoms with E-state index in [1.165, 1.54) is 11.6 Å². The summed E-state index contributed by atoms with van der Waals surface area (Å²) in [6.45, 7) is 3.27. The Labute approximate surface area is 131 Å². The van der Waals surface area contributed by atoms with Crippen molar-refractivity contribution in [1.82, 2.24) is 0 Å². The van der Waals surface area contributed by atoms with Crippen molar-refractivity contribution in [1.29, 1.82) is 0 Å². The molecule has 6 heteroatoms. The second-order valence-corrected chi connectivity index (χ2v) is 6.23. The third kappa shape index (κ3) is 3.06. The van der Waals surface area contributed by atoms with Crippen LogP contribution in [-0.4, -0.2) is 5.97 Å². The van der Waals surface area contributed by atoms with Crippen molar-refractivity contribution < 1.29 is 18.3 Å². The number of esters is 1. The van der Waals surface area contributed by atoms with Crippen LogP contribution in [0.4, 0.5) is 8.78 Å². The number of hydrogen-bond acceptors (Lipinski definition) is 2. The topological polar surface area (TPSA) is 26.3 Å². The van der Waals surface area contributed by atoms with E-state index in [9.17, 15) is 13.6 Å². The Bertz CT molecular complexity index is 579. The SMILES string of the molecule is CC1(C)C(C(=O)OCc2c(F)cccc2F)C1C(Cl)=CCl. The number of allylic oxidation sites excluding steroid dienone is 1. The van der Waals surface area contributed by atoms with Crippen molar-refractivity contribution in [2.45, 2.75) is 20.5 Å². The number of carbonyl (C=O) groups is 1. The quantitative estimate of drug-likeness (QED) is 0.752. The largest absolute Gasteiger partial charge is 0.460 e. The summed E-state index contributed by atoms with van der Waals surface area (Å²) in [5.74, 6) is -2.71. The Balaban J connectivity index is 2.04. The lowest BCUT2D eigenvalue weighted by molar-refractivity contribution is -0.147. The molecule has 1 aromatic carbocycles. The van der Waals surface area contributed by atoms with Gasteiger partial charge in [-0.2, -0.15) is 0 Å². The molecule has 21 heavy (non-hydrogen) atoms. The average molecular weight is 335 g/mol. The number of halogens is 4. The molecule has 1 fully saturated rings. The summed E-state index contributed by atoms with van der Waals surface area (Å²) >= 11 is 11.5. The van der Waals surface area contributed by atoms with Gasteiger partial charge in [0.05, 0.1) is 11.5 Å². The summed E-state index contributed by atoms with van der Waals surface area (Å²) < 4.78 is 31.9. The van der Waals surface area contributed by atoms with E-state index in [2.05, 4.69) is 0 Å². The first-order valence-corrected chi connectivity index (χ1v) is 7.17. The lowest BCUT2D eigenvalue weighted by atomic mass is 10.1. The van der Waals surface area contributed by atoms with Gasteiger partial charge in [-0.25, -0.2) is 8.78 Å². The van der Waals surface area contributed by atoms with Gasteiger partial charge in [-0.05, 0) is 17.5 Å². The number of hydrogen-bond donors (Lipinski definition) is 0. The fraction of sp³-hybridized carbons (Fsp3) is 0.400. The van der Waals surface area contributed by atoms with Crippen LogP contribution in [-0.2, 0) is 16.1 Å². The average Bonchev–Trinajstić information content (AvgIpc) is 3.00. The highest BCUT2D eigenvalue weighted by Crippen LogP contribution is 2.63. The van der Waals surface area contributed by atoms with Gasteiger partial charge < -0.3 is 4.74 Å². The van der Waals surface area contributed by atoms with E-state index in [0.717, 1.165) is 12.1 Å². The molecule has 0 bridgehead atoms. The van der Waals surface area contributed by atoms with Crippen LogP contribution in [0.2, 0.25) is 0 Å². The molecule has 0 spiro atoms. The normalized spacial score (nSPS) is 23.8. The predicted molar refractivity (Wildman–Crippen MR) is 76.7 cm³/mol. The molecule has 0 N–H and O–H groups in total. The van der Waals surface area contributed by atoms with Crippen LogP contribution in [0.15, 0.2) is 28.8 Å². The molecule has 2 rings (SSSR count). The van der Waals surface area contributed by atoms with Gasteiger partial charge in [0.1, 0.15) is 18.2 Å². The molecule has 0 radical (unpaired) electrons. The van der Waals surface area contributed by atoms with E-state index in [1.54, 1.807) is 0 Å². The molecule has 1 aromatic rings. The third-order valence-electron chi connectivity index (χ3n) is 3.90. The zero-order chi connectivity index (χ0) is 15.8. The second-order valence-electron chi connectivity index (χ2n) is 5.58. The Morgan fingerprint density at radius 2 is 1.90 bits per heavy atom. The maximum Gasteiger partial charge on any atom is 0.310 e. The smallest absolute Gasteiger partial charge is 0.310 e. The Hall–Kier alpha value is -1.13. The monoisotopic (exact) mass is 334 g/mol. The van der Waals surface area contributed by atoms with Gasteiger partial charge in [0.15, 0.2) is 0 Å². The lowest BCUT2D eigenvalue weighted by Crippen LogP contribution is -2.12. The van der Waals surface area contributed by atoms with Crippen LogP contribution in [0, 0.1) is 28.9 Å². The van der Waals surface area contributed by atoms with Gasteiger partial charge in [0, 0.05) is 16.5 Å². The first kappa shape index (κ1) is 16.2. The standard InChI is InChI=1S/C15H14Cl2F2O2/c1-15(2)12(9(17)6-16)13(15)14(20)21-7-8-10(18)4-3-5-11(8)19/h3-6,12-13H,7H2,1-2H3. The highest BCUT2D eigenvalue weighted by Gasteiger charge is 2.64. The van der Waals surface area contributed by atoms with Crippen LogP contribution in [0.5, 0.6) is 0 Å². The van der Waals surface area contributed by atoms with E-state index < -0.39 is 30.1 Å². The molecule has 2 atom stereocenters. The molecule has 0 aliphatic heterocycles. The summed E-state index contributed by atoms with van der Waals surface area (Å²) in [4.78, 5) is 12.1. The zero-order valence-corrected chi connectivity index (χ0v) is 13.0. The minimum atomic E-state index is -0.743. The van der Waals surface area contributed by atoms with E-state index in [1.807, 2.05) is 13.8 Å². The van der Waals surface area contributed by atoms with Gasteiger partial charge in [0.2, 0.25) is 0 Å². The summed E-state index contributed by atoms with van der Waals surface area (Å²) in [7, 11) is 0. The van der Waals surface area contributed by atoms with E-state index in [-0.39, 0.29) is 16.9 Å². The minimum Gasteiger partial charge on any atom is -0.460 e. The Morgan fingerprint density at radius 3 is 2.43 bits per heavy atom. The van der Waals surface area contributed by atoms with Crippen molar-refractivity contribution in [2.24, 2.45) is 17.3 Å². The van der Waals surface area contributed by atoms with Crippen LogP contribution < -0.4 is 0 Å². The molecule has 0 aromatic heterocycles. The summed E-state index contributed by atoms with van der Waals surface area (Å²) in [6.07, 6.45) is 0. The highest BCUT2D eigenvalue weighted by atomic mass is 35.5. The fourth-order valence-electron chi connectivity index (χ4n) is 2.56. The van der Waals surface area contributed by atoms with Crippen LogP contribution in [0.3, 0.4) is 0 Å². The Kier molecular flexibility index (Phi) is 4.59.